The maximum atomic E-state index is 9.02. The van der Waals surface area contributed by atoms with Gasteiger partial charge >= 0.3 is 0 Å². The Kier molecular flexibility index (Phi) is 2.86. The van der Waals surface area contributed by atoms with Gasteiger partial charge in [0.1, 0.15) is 0 Å². The summed E-state index contributed by atoms with van der Waals surface area (Å²) in [6.07, 6.45) is 3.92. The minimum Gasteiger partial charge on any atom is -0.198 e. The lowest BCUT2D eigenvalue weighted by Crippen LogP contribution is -2.30. The van der Waals surface area contributed by atoms with Gasteiger partial charge in [-0.25, -0.2) is 0 Å². The minimum absolute atomic E-state index is 0.137. The zero-order valence-corrected chi connectivity index (χ0v) is 9.30. The van der Waals surface area contributed by atoms with E-state index in [0.29, 0.717) is 5.92 Å². The van der Waals surface area contributed by atoms with Gasteiger partial charge in [-0.3, -0.25) is 0 Å². The second-order valence-electron chi connectivity index (χ2n) is 5.28. The minimum atomic E-state index is -0.225. The number of hydrogen-bond acceptors (Lipinski definition) is 2. The lowest BCUT2D eigenvalue weighted by molar-refractivity contribution is 0.154. The molecule has 0 atom stereocenters. The van der Waals surface area contributed by atoms with Crippen LogP contribution in [0.25, 0.3) is 0 Å². The topological polar surface area (TPSA) is 47.6 Å². The molecule has 0 heterocycles. The Balaban J connectivity index is 2.62. The number of hydrogen-bond donors (Lipinski definition) is 0. The predicted octanol–water partition coefficient (Wildman–Crippen LogP) is 3.26. The molecule has 0 aromatic rings. The Hall–Kier alpha value is -1.02. The summed E-state index contributed by atoms with van der Waals surface area (Å²) in [5.74, 6) is 0.467. The molecular weight excluding hydrogens is 172 g/mol. The van der Waals surface area contributed by atoms with Gasteiger partial charge in [-0.2, -0.15) is 10.5 Å². The van der Waals surface area contributed by atoms with Crippen LogP contribution in [0.15, 0.2) is 0 Å². The maximum absolute atomic E-state index is 9.02. The van der Waals surface area contributed by atoms with Gasteiger partial charge in [0.25, 0.3) is 0 Å². The van der Waals surface area contributed by atoms with Crippen LogP contribution in [0.1, 0.15) is 46.5 Å². The van der Waals surface area contributed by atoms with Crippen LogP contribution in [0.3, 0.4) is 0 Å². The zero-order chi connectivity index (χ0) is 10.8. The molecule has 1 aliphatic carbocycles. The number of rotatable bonds is 1. The summed E-state index contributed by atoms with van der Waals surface area (Å²) >= 11 is 0. The molecular formula is C12H18N2. The third kappa shape index (κ3) is 2.07. The van der Waals surface area contributed by atoms with Crippen LogP contribution in [0.2, 0.25) is 0 Å². The summed E-state index contributed by atoms with van der Waals surface area (Å²) < 4.78 is 0. The van der Waals surface area contributed by atoms with Crippen molar-refractivity contribution in [3.63, 3.8) is 0 Å². The molecule has 0 N–H and O–H groups in total. The molecule has 2 nitrogen and oxygen atoms in total. The van der Waals surface area contributed by atoms with E-state index >= 15 is 0 Å². The van der Waals surface area contributed by atoms with Gasteiger partial charge in [0, 0.05) is 0 Å². The van der Waals surface area contributed by atoms with Gasteiger partial charge in [-0.15, -0.1) is 0 Å². The summed E-state index contributed by atoms with van der Waals surface area (Å²) in [6, 6.07) is 4.76. The molecule has 1 saturated carbocycles. The highest BCUT2D eigenvalue weighted by atomic mass is 14.4. The van der Waals surface area contributed by atoms with E-state index in [4.69, 9.17) is 10.5 Å². The van der Waals surface area contributed by atoms with Crippen LogP contribution in [-0.4, -0.2) is 0 Å². The van der Waals surface area contributed by atoms with E-state index in [1.54, 1.807) is 0 Å². The first kappa shape index (κ1) is 11.1. The van der Waals surface area contributed by atoms with Crippen molar-refractivity contribution in [3.05, 3.63) is 0 Å². The first-order chi connectivity index (χ1) is 6.43. The molecule has 0 spiro atoms. The van der Waals surface area contributed by atoms with Crippen molar-refractivity contribution in [3.8, 4) is 12.1 Å². The van der Waals surface area contributed by atoms with Crippen LogP contribution >= 0.6 is 0 Å². The van der Waals surface area contributed by atoms with Crippen LogP contribution in [-0.2, 0) is 0 Å². The molecule has 1 rings (SSSR count). The molecule has 2 heteroatoms. The van der Waals surface area contributed by atoms with E-state index in [1.807, 2.05) is 20.8 Å². The van der Waals surface area contributed by atoms with Gasteiger partial charge in [-0.1, -0.05) is 0 Å². The van der Waals surface area contributed by atoms with E-state index in [9.17, 15) is 0 Å². The fourth-order valence-electron chi connectivity index (χ4n) is 2.18. The lowest BCUT2D eigenvalue weighted by atomic mass is 9.65. The SMILES string of the molecule is CC1(C#N)CCC(C(C)(C)C#N)CC1. The second-order valence-corrected chi connectivity index (χ2v) is 5.28. The quantitative estimate of drug-likeness (QED) is 0.637. The summed E-state index contributed by atoms with van der Waals surface area (Å²) in [5, 5.41) is 18.0. The largest absolute Gasteiger partial charge is 0.198 e. The standard InChI is InChI=1S/C12H18N2/c1-11(2,8-13)10-4-6-12(3,9-14)7-5-10/h10H,4-7H2,1-3H3. The van der Waals surface area contributed by atoms with Gasteiger partial charge in [0.15, 0.2) is 0 Å². The van der Waals surface area contributed by atoms with E-state index in [1.165, 1.54) is 0 Å². The summed E-state index contributed by atoms with van der Waals surface area (Å²) in [4.78, 5) is 0. The van der Waals surface area contributed by atoms with E-state index < -0.39 is 0 Å². The first-order valence-electron chi connectivity index (χ1n) is 5.26. The molecule has 0 aromatic carbocycles. The molecule has 1 aliphatic rings. The summed E-state index contributed by atoms with van der Waals surface area (Å²) in [6.45, 7) is 6.04. The van der Waals surface area contributed by atoms with Gasteiger partial charge in [0.05, 0.1) is 23.0 Å². The average molecular weight is 190 g/mol. The van der Waals surface area contributed by atoms with Crippen molar-refractivity contribution in [1.29, 1.82) is 10.5 Å². The summed E-state index contributed by atoms with van der Waals surface area (Å²) in [7, 11) is 0. The van der Waals surface area contributed by atoms with Crippen molar-refractivity contribution in [2.24, 2.45) is 16.7 Å². The van der Waals surface area contributed by atoms with E-state index in [0.717, 1.165) is 25.7 Å². The van der Waals surface area contributed by atoms with E-state index in [2.05, 4.69) is 12.1 Å². The fraction of sp³-hybridized carbons (Fsp3) is 0.833. The average Bonchev–Trinajstić information content (AvgIpc) is 2.19. The molecule has 14 heavy (non-hydrogen) atoms. The fourth-order valence-corrected chi connectivity index (χ4v) is 2.18. The molecule has 0 amide bonds. The molecule has 1 fully saturated rings. The highest BCUT2D eigenvalue weighted by molar-refractivity contribution is 5.04. The van der Waals surface area contributed by atoms with Crippen molar-refractivity contribution in [2.75, 3.05) is 0 Å². The normalized spacial score (nSPS) is 33.1. The van der Waals surface area contributed by atoms with E-state index in [-0.39, 0.29) is 10.8 Å². The Morgan fingerprint density at radius 1 is 1.21 bits per heavy atom. The molecule has 0 aromatic heterocycles. The van der Waals surface area contributed by atoms with Crippen molar-refractivity contribution in [2.45, 2.75) is 46.5 Å². The molecule has 0 unspecified atom stereocenters. The Morgan fingerprint density at radius 2 is 1.71 bits per heavy atom. The highest BCUT2D eigenvalue weighted by Gasteiger charge is 2.37. The van der Waals surface area contributed by atoms with Crippen LogP contribution in [0, 0.1) is 39.4 Å². The molecule has 0 saturated heterocycles. The summed E-state index contributed by atoms with van der Waals surface area (Å²) in [5.41, 5.74) is -0.362. The molecule has 76 valence electrons. The monoisotopic (exact) mass is 190 g/mol. The molecule has 0 aliphatic heterocycles. The van der Waals surface area contributed by atoms with Crippen LogP contribution in [0.4, 0.5) is 0 Å². The van der Waals surface area contributed by atoms with Gasteiger partial charge in [0.2, 0.25) is 0 Å². The van der Waals surface area contributed by atoms with Crippen molar-refractivity contribution >= 4 is 0 Å². The van der Waals surface area contributed by atoms with Gasteiger partial charge < -0.3 is 0 Å². The Labute approximate surface area is 86.5 Å². The smallest absolute Gasteiger partial charge is 0.0686 e. The number of nitriles is 2. The Morgan fingerprint density at radius 3 is 2.07 bits per heavy atom. The van der Waals surface area contributed by atoms with Crippen molar-refractivity contribution in [1.82, 2.24) is 0 Å². The molecule has 0 bridgehead atoms. The van der Waals surface area contributed by atoms with Crippen LogP contribution in [0.5, 0.6) is 0 Å². The van der Waals surface area contributed by atoms with Crippen molar-refractivity contribution < 1.29 is 0 Å². The number of nitrogens with zero attached hydrogens (tertiary/aromatic N) is 2. The highest BCUT2D eigenvalue weighted by Crippen LogP contribution is 2.44. The maximum Gasteiger partial charge on any atom is 0.0686 e. The third-order valence-corrected chi connectivity index (χ3v) is 3.67. The second kappa shape index (κ2) is 3.62. The van der Waals surface area contributed by atoms with Crippen LogP contribution < -0.4 is 0 Å². The molecule has 0 radical (unpaired) electrons. The first-order valence-corrected chi connectivity index (χ1v) is 5.26. The third-order valence-electron chi connectivity index (χ3n) is 3.67. The lowest BCUT2D eigenvalue weighted by Gasteiger charge is -2.37. The predicted molar refractivity (Wildman–Crippen MR) is 55.1 cm³/mol. The zero-order valence-electron chi connectivity index (χ0n) is 9.30. The van der Waals surface area contributed by atoms with Gasteiger partial charge in [-0.05, 0) is 52.4 Å². The Bertz CT molecular complexity index is 282.